The highest BCUT2D eigenvalue weighted by atomic mass is 16.5. The zero-order valence-electron chi connectivity index (χ0n) is 14.5. The maximum Gasteiger partial charge on any atom is 0.246 e. The molecule has 0 fully saturated rings. The summed E-state index contributed by atoms with van der Waals surface area (Å²) in [4.78, 5) is 11.3. The van der Waals surface area contributed by atoms with Gasteiger partial charge in [0.15, 0.2) is 0 Å². The van der Waals surface area contributed by atoms with E-state index in [9.17, 15) is 4.79 Å². The molecule has 0 spiro atoms. The Hall–Kier alpha value is -0.650. The van der Waals surface area contributed by atoms with Crippen LogP contribution in [0.1, 0.15) is 53.9 Å². The van der Waals surface area contributed by atoms with Crippen LogP contribution in [0, 0.1) is 0 Å². The largest absolute Gasteiger partial charge is 0.380 e. The van der Waals surface area contributed by atoms with Gasteiger partial charge >= 0.3 is 0 Å². The van der Waals surface area contributed by atoms with Crippen molar-refractivity contribution in [1.82, 2.24) is 10.6 Å². The Morgan fingerprint density at radius 1 is 1.05 bits per heavy atom. The van der Waals surface area contributed by atoms with Gasteiger partial charge in [-0.15, -0.1) is 0 Å². The standard InChI is InChI=1S/C16H34N2O3/c1-14(2)21-13-15(19)17-10-12-20-11-8-6-7-9-18-16(3,4)5/h14,18H,6-13H2,1-5H3,(H,17,19). The molecule has 0 aromatic carbocycles. The first kappa shape index (κ1) is 20.3. The minimum Gasteiger partial charge on any atom is -0.380 e. The summed E-state index contributed by atoms with van der Waals surface area (Å²) < 4.78 is 10.7. The van der Waals surface area contributed by atoms with Crippen LogP contribution in [0.2, 0.25) is 0 Å². The van der Waals surface area contributed by atoms with E-state index in [-0.39, 0.29) is 24.2 Å². The number of carbonyl (C=O) groups excluding carboxylic acids is 1. The van der Waals surface area contributed by atoms with Gasteiger partial charge in [-0.1, -0.05) is 0 Å². The molecule has 0 aliphatic carbocycles. The lowest BCUT2D eigenvalue weighted by Crippen LogP contribution is -2.36. The van der Waals surface area contributed by atoms with Gasteiger partial charge in [0, 0.05) is 18.7 Å². The summed E-state index contributed by atoms with van der Waals surface area (Å²) in [5, 5.41) is 6.23. The van der Waals surface area contributed by atoms with E-state index in [0.717, 1.165) is 26.0 Å². The summed E-state index contributed by atoms with van der Waals surface area (Å²) in [6.07, 6.45) is 3.48. The fourth-order valence-electron chi connectivity index (χ4n) is 1.63. The number of rotatable bonds is 12. The van der Waals surface area contributed by atoms with Crippen LogP contribution in [-0.2, 0) is 14.3 Å². The van der Waals surface area contributed by atoms with Crippen LogP contribution >= 0.6 is 0 Å². The molecule has 21 heavy (non-hydrogen) atoms. The minimum absolute atomic E-state index is 0.0828. The highest BCUT2D eigenvalue weighted by molar-refractivity contribution is 5.77. The van der Waals surface area contributed by atoms with Gasteiger partial charge in [-0.25, -0.2) is 0 Å². The lowest BCUT2D eigenvalue weighted by atomic mass is 10.1. The minimum atomic E-state index is -0.0828. The van der Waals surface area contributed by atoms with Gasteiger partial charge in [-0.3, -0.25) is 4.79 Å². The molecule has 1 amide bonds. The fourth-order valence-corrected chi connectivity index (χ4v) is 1.63. The fraction of sp³-hybridized carbons (Fsp3) is 0.938. The van der Waals surface area contributed by atoms with E-state index >= 15 is 0 Å². The number of unbranched alkanes of at least 4 members (excludes halogenated alkanes) is 2. The maximum absolute atomic E-state index is 11.3. The Labute approximate surface area is 130 Å². The molecular formula is C16H34N2O3. The topological polar surface area (TPSA) is 59.6 Å². The second-order valence-electron chi connectivity index (χ2n) is 6.56. The zero-order valence-corrected chi connectivity index (χ0v) is 14.5. The van der Waals surface area contributed by atoms with Crippen LogP contribution in [0.3, 0.4) is 0 Å². The molecule has 0 aromatic heterocycles. The van der Waals surface area contributed by atoms with Crippen LogP contribution in [-0.4, -0.2) is 50.5 Å². The first-order chi connectivity index (χ1) is 9.81. The molecule has 0 rings (SSSR count). The van der Waals surface area contributed by atoms with Crippen molar-refractivity contribution in [3.8, 4) is 0 Å². The van der Waals surface area contributed by atoms with Crippen molar-refractivity contribution < 1.29 is 14.3 Å². The van der Waals surface area contributed by atoms with Gasteiger partial charge in [0.05, 0.1) is 12.7 Å². The van der Waals surface area contributed by atoms with E-state index < -0.39 is 0 Å². The predicted molar refractivity (Wildman–Crippen MR) is 86.5 cm³/mol. The molecule has 0 saturated carbocycles. The summed E-state index contributed by atoms with van der Waals surface area (Å²) in [5.41, 5.74) is 0.202. The van der Waals surface area contributed by atoms with E-state index in [4.69, 9.17) is 9.47 Å². The first-order valence-corrected chi connectivity index (χ1v) is 8.02. The number of carbonyl (C=O) groups is 1. The SMILES string of the molecule is CC(C)OCC(=O)NCCOCCCCCNC(C)(C)C. The summed E-state index contributed by atoms with van der Waals surface area (Å²) in [6.45, 7) is 13.4. The molecule has 0 aliphatic rings. The highest BCUT2D eigenvalue weighted by Crippen LogP contribution is 2.00. The van der Waals surface area contributed by atoms with Crippen LogP contribution in [0.5, 0.6) is 0 Å². The normalized spacial score (nSPS) is 11.9. The Bertz CT molecular complexity index is 263. The first-order valence-electron chi connectivity index (χ1n) is 8.02. The maximum atomic E-state index is 11.3. The zero-order chi connectivity index (χ0) is 16.1. The monoisotopic (exact) mass is 302 g/mol. The molecular weight excluding hydrogens is 268 g/mol. The van der Waals surface area contributed by atoms with Crippen molar-refractivity contribution in [2.45, 2.75) is 65.5 Å². The Kier molecular flexibility index (Phi) is 11.6. The summed E-state index contributed by atoms with van der Waals surface area (Å²) in [7, 11) is 0. The molecule has 2 N–H and O–H groups in total. The Balaban J connectivity index is 3.21. The van der Waals surface area contributed by atoms with Gasteiger partial charge in [-0.05, 0) is 60.4 Å². The molecule has 0 saturated heterocycles. The molecule has 0 aromatic rings. The second-order valence-corrected chi connectivity index (χ2v) is 6.56. The van der Waals surface area contributed by atoms with Crippen molar-refractivity contribution in [1.29, 1.82) is 0 Å². The van der Waals surface area contributed by atoms with Crippen molar-refractivity contribution in [2.24, 2.45) is 0 Å². The van der Waals surface area contributed by atoms with Crippen LogP contribution in [0.25, 0.3) is 0 Å². The molecule has 0 aliphatic heterocycles. The van der Waals surface area contributed by atoms with Crippen molar-refractivity contribution in [3.63, 3.8) is 0 Å². The third-order valence-corrected chi connectivity index (χ3v) is 2.74. The summed E-state index contributed by atoms with van der Waals surface area (Å²) >= 11 is 0. The Morgan fingerprint density at radius 3 is 2.38 bits per heavy atom. The molecule has 0 bridgehead atoms. The van der Waals surface area contributed by atoms with E-state index in [1.807, 2.05) is 13.8 Å². The number of nitrogens with one attached hydrogen (secondary N) is 2. The Morgan fingerprint density at radius 2 is 1.76 bits per heavy atom. The van der Waals surface area contributed by atoms with Gasteiger partial charge in [-0.2, -0.15) is 0 Å². The lowest BCUT2D eigenvalue weighted by Gasteiger charge is -2.20. The summed E-state index contributed by atoms with van der Waals surface area (Å²) in [6, 6.07) is 0. The van der Waals surface area contributed by atoms with E-state index in [2.05, 4.69) is 31.4 Å². The third-order valence-electron chi connectivity index (χ3n) is 2.74. The molecule has 0 heterocycles. The summed E-state index contributed by atoms with van der Waals surface area (Å²) in [5.74, 6) is -0.0828. The average Bonchev–Trinajstić information content (AvgIpc) is 2.37. The van der Waals surface area contributed by atoms with Crippen LogP contribution in [0.15, 0.2) is 0 Å². The van der Waals surface area contributed by atoms with E-state index in [1.165, 1.54) is 6.42 Å². The van der Waals surface area contributed by atoms with Crippen molar-refractivity contribution >= 4 is 5.91 Å². The number of hydrogen-bond donors (Lipinski definition) is 2. The van der Waals surface area contributed by atoms with Gasteiger partial charge in [0.25, 0.3) is 0 Å². The number of hydrogen-bond acceptors (Lipinski definition) is 4. The quantitative estimate of drug-likeness (QED) is 0.542. The predicted octanol–water partition coefficient (Wildman–Crippen LogP) is 2.10. The molecule has 5 heteroatoms. The molecule has 0 radical (unpaired) electrons. The van der Waals surface area contributed by atoms with Gasteiger partial charge in [0.2, 0.25) is 5.91 Å². The number of ether oxygens (including phenoxy) is 2. The number of amides is 1. The van der Waals surface area contributed by atoms with Crippen molar-refractivity contribution in [3.05, 3.63) is 0 Å². The highest BCUT2D eigenvalue weighted by Gasteiger charge is 2.06. The third kappa shape index (κ3) is 17.3. The van der Waals surface area contributed by atoms with Crippen LogP contribution in [0.4, 0.5) is 0 Å². The smallest absolute Gasteiger partial charge is 0.246 e. The molecule has 0 unspecified atom stereocenters. The average molecular weight is 302 g/mol. The van der Waals surface area contributed by atoms with Gasteiger partial charge < -0.3 is 20.1 Å². The van der Waals surface area contributed by atoms with E-state index in [0.29, 0.717) is 13.2 Å². The molecule has 0 atom stereocenters. The molecule has 126 valence electrons. The second kappa shape index (κ2) is 12.0. The lowest BCUT2D eigenvalue weighted by molar-refractivity contribution is -0.127. The van der Waals surface area contributed by atoms with Gasteiger partial charge in [0.1, 0.15) is 6.61 Å². The van der Waals surface area contributed by atoms with Crippen LogP contribution < -0.4 is 10.6 Å². The van der Waals surface area contributed by atoms with Crippen molar-refractivity contribution in [2.75, 3.05) is 32.9 Å². The molecule has 5 nitrogen and oxygen atoms in total. The van der Waals surface area contributed by atoms with E-state index in [1.54, 1.807) is 0 Å².